The lowest BCUT2D eigenvalue weighted by Gasteiger charge is -2.27. The van der Waals surface area contributed by atoms with Crippen LogP contribution in [0.1, 0.15) is 12.0 Å². The van der Waals surface area contributed by atoms with Crippen molar-refractivity contribution in [1.29, 1.82) is 0 Å². The van der Waals surface area contributed by atoms with Crippen molar-refractivity contribution in [2.24, 2.45) is 0 Å². The lowest BCUT2D eigenvalue weighted by Crippen LogP contribution is -2.37. The summed E-state index contributed by atoms with van der Waals surface area (Å²) >= 11 is 0. The van der Waals surface area contributed by atoms with Crippen LogP contribution >= 0.6 is 0 Å². The molecule has 2 saturated heterocycles. The summed E-state index contributed by atoms with van der Waals surface area (Å²) in [5.41, 5.74) is -0.797. The fourth-order valence-corrected chi connectivity index (χ4v) is 3.14. The van der Waals surface area contributed by atoms with E-state index < -0.39 is 11.7 Å². The molecule has 4 rings (SSSR count). The number of nitrogens with zero attached hydrogens (tertiary/aromatic N) is 4. The van der Waals surface area contributed by atoms with Gasteiger partial charge in [-0.2, -0.15) is 18.2 Å². The van der Waals surface area contributed by atoms with Gasteiger partial charge in [-0.25, -0.2) is 4.98 Å². The second-order valence-electron chi connectivity index (χ2n) is 6.51. The molecule has 28 heavy (non-hydrogen) atoms. The first kappa shape index (κ1) is 18.9. The van der Waals surface area contributed by atoms with Crippen LogP contribution in [0, 0.1) is 0 Å². The average Bonchev–Trinajstić information content (AvgIpc) is 3.21. The van der Waals surface area contributed by atoms with Gasteiger partial charge in [0.2, 0.25) is 11.8 Å². The maximum atomic E-state index is 13.5. The van der Waals surface area contributed by atoms with Gasteiger partial charge in [-0.1, -0.05) is 0 Å². The first-order valence-electron chi connectivity index (χ1n) is 8.98. The zero-order valence-corrected chi connectivity index (χ0v) is 15.0. The number of rotatable bonds is 4. The van der Waals surface area contributed by atoms with E-state index in [9.17, 15) is 13.2 Å². The Labute approximate surface area is 159 Å². The van der Waals surface area contributed by atoms with Gasteiger partial charge in [-0.3, -0.25) is 4.98 Å². The molecule has 0 aromatic carbocycles. The predicted molar refractivity (Wildman–Crippen MR) is 93.1 cm³/mol. The Morgan fingerprint density at radius 2 is 1.93 bits per heavy atom. The van der Waals surface area contributed by atoms with E-state index in [1.165, 1.54) is 6.07 Å². The lowest BCUT2D eigenvalue weighted by atomic mass is 10.1. The van der Waals surface area contributed by atoms with Crippen LogP contribution in [0.5, 0.6) is 5.88 Å². The van der Waals surface area contributed by atoms with Crippen LogP contribution in [-0.2, 0) is 15.7 Å². The fourth-order valence-electron chi connectivity index (χ4n) is 3.14. The summed E-state index contributed by atoms with van der Waals surface area (Å²) in [7, 11) is 0. The second kappa shape index (κ2) is 7.88. The SMILES string of the molecule is FC(F)(F)c1ccncc1-c1cc(O[C@@H]2CCOC2)nc(N2CCOCC2)n1. The highest BCUT2D eigenvalue weighted by atomic mass is 19.4. The molecule has 2 aliphatic rings. The van der Waals surface area contributed by atoms with Crippen LogP contribution in [0.2, 0.25) is 0 Å². The Kier molecular flexibility index (Phi) is 5.31. The molecule has 0 spiro atoms. The minimum Gasteiger partial charge on any atom is -0.472 e. The molecule has 0 aliphatic carbocycles. The van der Waals surface area contributed by atoms with Crippen molar-refractivity contribution in [3.63, 3.8) is 0 Å². The summed E-state index contributed by atoms with van der Waals surface area (Å²) in [6.07, 6.45) is -1.73. The van der Waals surface area contributed by atoms with E-state index in [1.54, 1.807) is 0 Å². The van der Waals surface area contributed by atoms with Crippen molar-refractivity contribution < 1.29 is 27.4 Å². The van der Waals surface area contributed by atoms with Crippen LogP contribution in [0.25, 0.3) is 11.3 Å². The number of alkyl halides is 3. The molecule has 0 amide bonds. The van der Waals surface area contributed by atoms with Crippen molar-refractivity contribution >= 4 is 5.95 Å². The Morgan fingerprint density at radius 1 is 1.11 bits per heavy atom. The number of morpholine rings is 1. The van der Waals surface area contributed by atoms with Crippen molar-refractivity contribution in [1.82, 2.24) is 15.0 Å². The van der Waals surface area contributed by atoms with Gasteiger partial charge in [0, 0.05) is 43.5 Å². The zero-order valence-electron chi connectivity index (χ0n) is 15.0. The van der Waals surface area contributed by atoms with Gasteiger partial charge in [0.15, 0.2) is 0 Å². The fraction of sp³-hybridized carbons (Fsp3) is 0.500. The molecule has 10 heteroatoms. The minimum atomic E-state index is -4.53. The van der Waals surface area contributed by atoms with Gasteiger partial charge in [0.25, 0.3) is 0 Å². The number of aromatic nitrogens is 3. The summed E-state index contributed by atoms with van der Waals surface area (Å²) in [6.45, 7) is 3.11. The molecule has 2 fully saturated rings. The molecule has 7 nitrogen and oxygen atoms in total. The van der Waals surface area contributed by atoms with Crippen LogP contribution in [0.15, 0.2) is 24.5 Å². The van der Waals surface area contributed by atoms with Gasteiger partial charge in [0.1, 0.15) is 6.10 Å². The minimum absolute atomic E-state index is 0.112. The van der Waals surface area contributed by atoms with Gasteiger partial charge < -0.3 is 19.1 Å². The third-order valence-corrected chi connectivity index (χ3v) is 4.56. The molecule has 0 bridgehead atoms. The molecule has 0 N–H and O–H groups in total. The number of anilines is 1. The Balaban J connectivity index is 1.75. The number of halogens is 3. The van der Waals surface area contributed by atoms with Crippen molar-refractivity contribution in [3.8, 4) is 17.1 Å². The summed E-state index contributed by atoms with van der Waals surface area (Å²) in [5, 5.41) is 0. The molecule has 2 aromatic rings. The van der Waals surface area contributed by atoms with E-state index in [4.69, 9.17) is 14.2 Å². The summed E-state index contributed by atoms with van der Waals surface area (Å²) < 4.78 is 56.9. The maximum absolute atomic E-state index is 13.5. The Morgan fingerprint density at radius 3 is 2.64 bits per heavy atom. The van der Waals surface area contributed by atoms with Crippen LogP contribution in [0.3, 0.4) is 0 Å². The molecule has 1 atom stereocenters. The molecule has 2 aliphatic heterocycles. The van der Waals surface area contributed by atoms with E-state index in [-0.39, 0.29) is 23.2 Å². The van der Waals surface area contributed by atoms with E-state index in [0.29, 0.717) is 51.9 Å². The number of ether oxygens (including phenoxy) is 3. The first-order chi connectivity index (χ1) is 13.5. The van der Waals surface area contributed by atoms with Gasteiger partial charge in [-0.15, -0.1) is 0 Å². The summed E-state index contributed by atoms with van der Waals surface area (Å²) in [5.74, 6) is 0.533. The van der Waals surface area contributed by atoms with Crippen molar-refractivity contribution in [2.75, 3.05) is 44.4 Å². The quantitative estimate of drug-likeness (QED) is 0.787. The third-order valence-electron chi connectivity index (χ3n) is 4.56. The summed E-state index contributed by atoms with van der Waals surface area (Å²) in [6, 6.07) is 2.37. The monoisotopic (exact) mass is 396 g/mol. The highest BCUT2D eigenvalue weighted by molar-refractivity contribution is 5.65. The molecule has 2 aromatic heterocycles. The van der Waals surface area contributed by atoms with Crippen LogP contribution < -0.4 is 9.64 Å². The van der Waals surface area contributed by atoms with E-state index in [0.717, 1.165) is 18.5 Å². The smallest absolute Gasteiger partial charge is 0.417 e. The van der Waals surface area contributed by atoms with Crippen LogP contribution in [0.4, 0.5) is 19.1 Å². The van der Waals surface area contributed by atoms with E-state index in [2.05, 4.69) is 15.0 Å². The highest BCUT2D eigenvalue weighted by Crippen LogP contribution is 2.37. The van der Waals surface area contributed by atoms with Gasteiger partial charge >= 0.3 is 6.18 Å². The van der Waals surface area contributed by atoms with E-state index >= 15 is 0 Å². The molecule has 4 heterocycles. The summed E-state index contributed by atoms with van der Waals surface area (Å²) in [4.78, 5) is 14.5. The first-order valence-corrected chi connectivity index (χ1v) is 8.98. The topological polar surface area (TPSA) is 69.6 Å². The molecule has 150 valence electrons. The van der Waals surface area contributed by atoms with Crippen molar-refractivity contribution in [3.05, 3.63) is 30.1 Å². The standard InChI is InChI=1S/C18H19F3N4O3/c19-18(20,21)14-1-3-22-10-13(14)15-9-16(28-12-2-6-27-11-12)24-17(23-15)25-4-7-26-8-5-25/h1,3,9-10,12H,2,4-8,11H2/t12-/m1/s1. The number of hydrogen-bond acceptors (Lipinski definition) is 7. The molecular weight excluding hydrogens is 377 g/mol. The largest absolute Gasteiger partial charge is 0.472 e. The third kappa shape index (κ3) is 4.17. The number of hydrogen-bond donors (Lipinski definition) is 0. The second-order valence-corrected chi connectivity index (χ2v) is 6.51. The Bertz CT molecular complexity index is 822. The van der Waals surface area contributed by atoms with Crippen LogP contribution in [-0.4, -0.2) is 60.6 Å². The highest BCUT2D eigenvalue weighted by Gasteiger charge is 2.34. The lowest BCUT2D eigenvalue weighted by molar-refractivity contribution is -0.137. The molecule has 0 saturated carbocycles. The number of pyridine rings is 1. The molecule has 0 radical (unpaired) electrons. The zero-order chi connectivity index (χ0) is 19.6. The molecule has 0 unspecified atom stereocenters. The average molecular weight is 396 g/mol. The van der Waals surface area contributed by atoms with E-state index in [1.807, 2.05) is 4.90 Å². The Hall–Kier alpha value is -2.46. The maximum Gasteiger partial charge on any atom is 0.417 e. The van der Waals surface area contributed by atoms with Gasteiger partial charge in [0.05, 0.1) is 37.7 Å². The molecular formula is C18H19F3N4O3. The van der Waals surface area contributed by atoms with Gasteiger partial charge in [-0.05, 0) is 6.07 Å². The van der Waals surface area contributed by atoms with Crippen molar-refractivity contribution in [2.45, 2.75) is 18.7 Å². The predicted octanol–water partition coefficient (Wildman–Crippen LogP) is 2.56. The normalized spacial score (nSPS) is 20.4.